The molecule has 0 aliphatic heterocycles. The molecule has 0 bridgehead atoms. The predicted octanol–water partition coefficient (Wildman–Crippen LogP) is 4.06. The summed E-state index contributed by atoms with van der Waals surface area (Å²) in [6, 6.07) is 9.06. The van der Waals surface area contributed by atoms with E-state index in [1.807, 2.05) is 6.33 Å². The Balaban J connectivity index is 2.06. The molecule has 0 saturated heterocycles. The molecule has 2 rings (SSSR count). The molecule has 3 nitrogen and oxygen atoms in total. The first-order chi connectivity index (χ1) is 9.89. The van der Waals surface area contributed by atoms with Gasteiger partial charge in [-0.05, 0) is 39.7 Å². The molecular formula is C18H27N3. The van der Waals surface area contributed by atoms with Gasteiger partial charge in [-0.2, -0.15) is 0 Å². The van der Waals surface area contributed by atoms with Crippen molar-refractivity contribution in [2.45, 2.75) is 52.6 Å². The van der Waals surface area contributed by atoms with Crippen LogP contribution in [-0.4, -0.2) is 21.6 Å². The number of rotatable bonds is 5. The standard InChI is InChI=1S/C18H27N3/c1-6-15-7-9-16(10-8-15)17-12-21(13-19-17)14(2)11-20-18(3,4)5/h7-10,12-14,20H,6,11H2,1-5H3/t14-/m0/s1. The van der Waals surface area contributed by atoms with E-state index in [0.29, 0.717) is 6.04 Å². The van der Waals surface area contributed by atoms with E-state index >= 15 is 0 Å². The van der Waals surface area contributed by atoms with Crippen molar-refractivity contribution >= 4 is 0 Å². The van der Waals surface area contributed by atoms with Crippen LogP contribution in [0.1, 0.15) is 46.2 Å². The summed E-state index contributed by atoms with van der Waals surface area (Å²) < 4.78 is 2.18. The fraction of sp³-hybridized carbons (Fsp3) is 0.500. The quantitative estimate of drug-likeness (QED) is 0.897. The summed E-state index contributed by atoms with van der Waals surface area (Å²) in [4.78, 5) is 4.54. The number of nitrogens with zero attached hydrogens (tertiary/aromatic N) is 2. The monoisotopic (exact) mass is 285 g/mol. The Bertz CT molecular complexity index is 561. The fourth-order valence-corrected chi connectivity index (χ4v) is 2.20. The molecule has 3 heteroatoms. The van der Waals surface area contributed by atoms with Crippen molar-refractivity contribution in [3.8, 4) is 11.3 Å². The number of benzene rings is 1. The lowest BCUT2D eigenvalue weighted by atomic mass is 10.1. The zero-order chi connectivity index (χ0) is 15.5. The van der Waals surface area contributed by atoms with Crippen LogP contribution >= 0.6 is 0 Å². The highest BCUT2D eigenvalue weighted by atomic mass is 15.1. The van der Waals surface area contributed by atoms with Gasteiger partial charge in [0.2, 0.25) is 0 Å². The highest BCUT2D eigenvalue weighted by Crippen LogP contribution is 2.19. The summed E-state index contributed by atoms with van der Waals surface area (Å²) in [5.74, 6) is 0. The van der Waals surface area contributed by atoms with Crippen LogP contribution < -0.4 is 5.32 Å². The summed E-state index contributed by atoms with van der Waals surface area (Å²) in [6.45, 7) is 11.9. The highest BCUT2D eigenvalue weighted by Gasteiger charge is 2.12. The molecule has 0 radical (unpaired) electrons. The largest absolute Gasteiger partial charge is 0.333 e. The van der Waals surface area contributed by atoms with E-state index in [1.165, 1.54) is 11.1 Å². The highest BCUT2D eigenvalue weighted by molar-refractivity contribution is 5.58. The average molecular weight is 285 g/mol. The molecule has 0 unspecified atom stereocenters. The molecule has 1 aromatic carbocycles. The van der Waals surface area contributed by atoms with E-state index in [4.69, 9.17) is 0 Å². The van der Waals surface area contributed by atoms with Gasteiger partial charge in [-0.3, -0.25) is 0 Å². The summed E-state index contributed by atoms with van der Waals surface area (Å²) in [5.41, 5.74) is 3.73. The van der Waals surface area contributed by atoms with Gasteiger partial charge in [0.1, 0.15) is 0 Å². The number of nitrogens with one attached hydrogen (secondary N) is 1. The minimum atomic E-state index is 0.146. The van der Waals surface area contributed by atoms with Gasteiger partial charge < -0.3 is 9.88 Å². The molecule has 0 fully saturated rings. The zero-order valence-electron chi connectivity index (χ0n) is 13.9. The first-order valence-electron chi connectivity index (χ1n) is 7.77. The van der Waals surface area contributed by atoms with Crippen molar-refractivity contribution in [2.24, 2.45) is 0 Å². The predicted molar refractivity (Wildman–Crippen MR) is 89.5 cm³/mol. The van der Waals surface area contributed by atoms with Crippen LogP contribution in [-0.2, 0) is 6.42 Å². The third-order valence-electron chi connectivity index (χ3n) is 3.70. The Morgan fingerprint density at radius 2 is 1.86 bits per heavy atom. The van der Waals surface area contributed by atoms with Gasteiger partial charge in [-0.25, -0.2) is 4.98 Å². The molecule has 0 saturated carbocycles. The smallest absolute Gasteiger partial charge is 0.0956 e. The second-order valence-electron chi connectivity index (χ2n) is 6.74. The van der Waals surface area contributed by atoms with Gasteiger partial charge in [0.15, 0.2) is 0 Å². The SMILES string of the molecule is CCc1ccc(-c2cn([C@@H](C)CNC(C)(C)C)cn2)cc1. The summed E-state index contributed by atoms with van der Waals surface area (Å²) >= 11 is 0. The molecule has 21 heavy (non-hydrogen) atoms. The average Bonchev–Trinajstić information content (AvgIpc) is 2.94. The van der Waals surface area contributed by atoms with Crippen LogP contribution in [0.2, 0.25) is 0 Å². The molecule has 2 aromatic rings. The normalized spacial score (nSPS) is 13.4. The van der Waals surface area contributed by atoms with E-state index < -0.39 is 0 Å². The third kappa shape index (κ3) is 4.43. The minimum absolute atomic E-state index is 0.146. The van der Waals surface area contributed by atoms with Crippen LogP contribution in [0.3, 0.4) is 0 Å². The van der Waals surface area contributed by atoms with Gasteiger partial charge in [0.05, 0.1) is 12.0 Å². The van der Waals surface area contributed by atoms with Crippen molar-refractivity contribution in [2.75, 3.05) is 6.54 Å². The number of aryl methyl sites for hydroxylation is 1. The Morgan fingerprint density at radius 1 is 1.19 bits per heavy atom. The van der Waals surface area contributed by atoms with Gasteiger partial charge in [-0.15, -0.1) is 0 Å². The van der Waals surface area contributed by atoms with E-state index in [9.17, 15) is 0 Å². The second-order valence-corrected chi connectivity index (χ2v) is 6.74. The maximum Gasteiger partial charge on any atom is 0.0956 e. The molecule has 0 spiro atoms. The first kappa shape index (κ1) is 15.8. The van der Waals surface area contributed by atoms with E-state index in [0.717, 1.165) is 18.7 Å². The van der Waals surface area contributed by atoms with Crippen molar-refractivity contribution in [3.05, 3.63) is 42.4 Å². The minimum Gasteiger partial charge on any atom is -0.333 e. The molecule has 0 aliphatic carbocycles. The van der Waals surface area contributed by atoms with Crippen LogP contribution in [0.5, 0.6) is 0 Å². The maximum atomic E-state index is 4.54. The Morgan fingerprint density at radius 3 is 2.43 bits per heavy atom. The Kier molecular flexibility index (Phi) is 4.84. The summed E-state index contributed by atoms with van der Waals surface area (Å²) in [5, 5.41) is 3.54. The maximum absolute atomic E-state index is 4.54. The van der Waals surface area contributed by atoms with E-state index in [2.05, 4.69) is 79.9 Å². The van der Waals surface area contributed by atoms with Crippen LogP contribution in [0.15, 0.2) is 36.8 Å². The van der Waals surface area contributed by atoms with Crippen LogP contribution in [0, 0.1) is 0 Å². The Hall–Kier alpha value is -1.61. The third-order valence-corrected chi connectivity index (χ3v) is 3.70. The van der Waals surface area contributed by atoms with Crippen molar-refractivity contribution in [1.82, 2.24) is 14.9 Å². The second kappa shape index (κ2) is 6.44. The number of imidazole rings is 1. The lowest BCUT2D eigenvalue weighted by Crippen LogP contribution is -2.39. The molecule has 0 aliphatic rings. The van der Waals surface area contributed by atoms with Crippen LogP contribution in [0.4, 0.5) is 0 Å². The zero-order valence-corrected chi connectivity index (χ0v) is 13.9. The Labute approximate surface area is 128 Å². The van der Waals surface area contributed by atoms with E-state index in [-0.39, 0.29) is 5.54 Å². The number of hydrogen-bond donors (Lipinski definition) is 1. The number of hydrogen-bond acceptors (Lipinski definition) is 2. The van der Waals surface area contributed by atoms with Gasteiger partial charge in [0.25, 0.3) is 0 Å². The lowest BCUT2D eigenvalue weighted by molar-refractivity contribution is 0.379. The molecule has 0 amide bonds. The molecule has 1 aromatic heterocycles. The topological polar surface area (TPSA) is 29.9 Å². The van der Waals surface area contributed by atoms with Crippen LogP contribution in [0.25, 0.3) is 11.3 Å². The van der Waals surface area contributed by atoms with Gasteiger partial charge in [-0.1, -0.05) is 31.2 Å². The first-order valence-corrected chi connectivity index (χ1v) is 7.77. The lowest BCUT2D eigenvalue weighted by Gasteiger charge is -2.23. The molecule has 1 atom stereocenters. The molecule has 1 N–H and O–H groups in total. The molecule has 114 valence electrons. The fourth-order valence-electron chi connectivity index (χ4n) is 2.20. The van der Waals surface area contributed by atoms with Gasteiger partial charge in [0, 0.05) is 29.9 Å². The summed E-state index contributed by atoms with van der Waals surface area (Å²) in [7, 11) is 0. The van der Waals surface area contributed by atoms with Crippen molar-refractivity contribution in [1.29, 1.82) is 0 Å². The molecule has 1 heterocycles. The van der Waals surface area contributed by atoms with Crippen molar-refractivity contribution < 1.29 is 0 Å². The van der Waals surface area contributed by atoms with E-state index in [1.54, 1.807) is 0 Å². The van der Waals surface area contributed by atoms with Crippen molar-refractivity contribution in [3.63, 3.8) is 0 Å². The summed E-state index contributed by atoms with van der Waals surface area (Å²) in [6.07, 6.45) is 5.14. The van der Waals surface area contributed by atoms with Gasteiger partial charge >= 0.3 is 0 Å². The number of aromatic nitrogens is 2. The molecular weight excluding hydrogens is 258 g/mol.